The lowest BCUT2D eigenvalue weighted by atomic mass is 9.85. The lowest BCUT2D eigenvalue weighted by molar-refractivity contribution is -0.0136. The number of ether oxygens (including phenoxy) is 1. The number of amides is 1. The highest BCUT2D eigenvalue weighted by Gasteiger charge is 2.42. The predicted molar refractivity (Wildman–Crippen MR) is 92.1 cm³/mol. The molecule has 140 valence electrons. The summed E-state index contributed by atoms with van der Waals surface area (Å²) in [6, 6.07) is 2.26. The molecule has 1 fully saturated rings. The second-order valence-corrected chi connectivity index (χ2v) is 8.70. The summed E-state index contributed by atoms with van der Waals surface area (Å²) in [6.07, 6.45) is -0.196. The van der Waals surface area contributed by atoms with Crippen LogP contribution in [-0.4, -0.2) is 33.8 Å². The van der Waals surface area contributed by atoms with Crippen molar-refractivity contribution in [1.82, 2.24) is 4.90 Å². The van der Waals surface area contributed by atoms with Crippen molar-refractivity contribution in [2.24, 2.45) is 0 Å². The van der Waals surface area contributed by atoms with Gasteiger partial charge >= 0.3 is 6.09 Å². The zero-order valence-electron chi connectivity index (χ0n) is 15.7. The largest absolute Gasteiger partial charge is 0.490 e. The third-order valence-electron chi connectivity index (χ3n) is 4.43. The Hall–Kier alpha value is -1.85. The molecule has 2 rings (SSSR count). The van der Waals surface area contributed by atoms with E-state index < -0.39 is 28.7 Å². The average molecular weight is 355 g/mol. The third-order valence-corrected chi connectivity index (χ3v) is 4.43. The molecule has 1 amide bonds. The van der Waals surface area contributed by atoms with E-state index in [0.717, 1.165) is 0 Å². The van der Waals surface area contributed by atoms with Gasteiger partial charge in [0.1, 0.15) is 23.5 Å². The fourth-order valence-electron chi connectivity index (χ4n) is 3.36. The van der Waals surface area contributed by atoms with Gasteiger partial charge in [-0.3, -0.25) is 0 Å². The minimum absolute atomic E-state index is 0.0381. The van der Waals surface area contributed by atoms with E-state index in [0.29, 0.717) is 12.8 Å². The van der Waals surface area contributed by atoms with Gasteiger partial charge in [-0.1, -0.05) is 20.8 Å². The van der Waals surface area contributed by atoms with E-state index in [1.807, 2.05) is 20.8 Å². The summed E-state index contributed by atoms with van der Waals surface area (Å²) < 4.78 is 34.1. The van der Waals surface area contributed by atoms with E-state index in [4.69, 9.17) is 4.74 Å². The molecule has 1 aromatic rings. The highest BCUT2D eigenvalue weighted by molar-refractivity contribution is 5.66. The summed E-state index contributed by atoms with van der Waals surface area (Å²) >= 11 is 0. The van der Waals surface area contributed by atoms with Crippen LogP contribution in [0.4, 0.5) is 13.6 Å². The Bertz CT molecular complexity index is 633. The first-order valence-corrected chi connectivity index (χ1v) is 8.49. The van der Waals surface area contributed by atoms with Crippen LogP contribution < -0.4 is 4.74 Å². The van der Waals surface area contributed by atoms with Crippen LogP contribution in [-0.2, 0) is 5.41 Å². The molecule has 1 saturated carbocycles. The molecule has 0 aliphatic heterocycles. The lowest BCUT2D eigenvalue weighted by Crippen LogP contribution is -2.58. The van der Waals surface area contributed by atoms with Gasteiger partial charge < -0.3 is 14.7 Å². The Kier molecular flexibility index (Phi) is 5.04. The molecule has 25 heavy (non-hydrogen) atoms. The van der Waals surface area contributed by atoms with Crippen LogP contribution >= 0.6 is 0 Å². The zero-order valence-corrected chi connectivity index (χ0v) is 15.7. The highest BCUT2D eigenvalue weighted by atomic mass is 19.1. The molecule has 1 aliphatic carbocycles. The van der Waals surface area contributed by atoms with E-state index in [9.17, 15) is 18.7 Å². The molecule has 0 radical (unpaired) electrons. The normalized spacial score (nSPS) is 20.8. The van der Waals surface area contributed by atoms with Gasteiger partial charge in [0.15, 0.2) is 0 Å². The topological polar surface area (TPSA) is 49.8 Å². The summed E-state index contributed by atoms with van der Waals surface area (Å²) in [6.45, 7) is 10.8. The van der Waals surface area contributed by atoms with Crippen LogP contribution in [0.5, 0.6) is 5.75 Å². The number of hydrogen-bond acceptors (Lipinski definition) is 2. The average Bonchev–Trinajstić information content (AvgIpc) is 2.30. The van der Waals surface area contributed by atoms with Crippen molar-refractivity contribution < 1.29 is 23.4 Å². The number of halogens is 2. The van der Waals surface area contributed by atoms with Crippen LogP contribution in [0, 0.1) is 11.6 Å². The van der Waals surface area contributed by atoms with Crippen molar-refractivity contribution in [3.8, 4) is 5.75 Å². The predicted octanol–water partition coefficient (Wildman–Crippen LogP) is 4.95. The van der Waals surface area contributed by atoms with Crippen LogP contribution in [0.2, 0.25) is 0 Å². The van der Waals surface area contributed by atoms with Crippen LogP contribution in [0.1, 0.15) is 59.9 Å². The van der Waals surface area contributed by atoms with Gasteiger partial charge in [-0.25, -0.2) is 13.6 Å². The maximum atomic E-state index is 14.2. The van der Waals surface area contributed by atoms with E-state index in [1.165, 1.54) is 17.0 Å². The zero-order chi connectivity index (χ0) is 19.2. The molecule has 0 unspecified atom stereocenters. The Labute approximate surface area is 147 Å². The second-order valence-electron chi connectivity index (χ2n) is 8.70. The fraction of sp³-hybridized carbons (Fsp3) is 0.632. The van der Waals surface area contributed by atoms with Crippen molar-refractivity contribution in [2.75, 3.05) is 0 Å². The number of carboxylic acid groups (broad SMARTS) is 1. The minimum atomic E-state index is -0.970. The van der Waals surface area contributed by atoms with Crippen molar-refractivity contribution in [3.63, 3.8) is 0 Å². The monoisotopic (exact) mass is 355 g/mol. The van der Waals surface area contributed by atoms with Gasteiger partial charge in [0, 0.05) is 42.1 Å². The van der Waals surface area contributed by atoms with Crippen LogP contribution in [0.3, 0.4) is 0 Å². The third kappa shape index (κ3) is 4.22. The van der Waals surface area contributed by atoms with Crippen LogP contribution in [0.25, 0.3) is 0 Å². The van der Waals surface area contributed by atoms with E-state index in [-0.39, 0.29) is 23.5 Å². The molecule has 0 spiro atoms. The molecule has 0 aromatic heterocycles. The number of rotatable bonds is 3. The van der Waals surface area contributed by atoms with Gasteiger partial charge in [0.05, 0.1) is 0 Å². The summed E-state index contributed by atoms with van der Waals surface area (Å²) in [7, 11) is 0. The second kappa shape index (κ2) is 6.46. The van der Waals surface area contributed by atoms with Gasteiger partial charge in [-0.15, -0.1) is 0 Å². The van der Waals surface area contributed by atoms with Gasteiger partial charge in [-0.05, 0) is 26.2 Å². The number of nitrogens with zero attached hydrogens (tertiary/aromatic N) is 1. The number of hydrogen-bond donors (Lipinski definition) is 1. The Morgan fingerprint density at radius 3 is 1.96 bits per heavy atom. The molecule has 0 atom stereocenters. The van der Waals surface area contributed by atoms with Crippen LogP contribution in [0.15, 0.2) is 12.1 Å². The molecule has 6 heteroatoms. The maximum absolute atomic E-state index is 14.2. The first-order chi connectivity index (χ1) is 11.3. The smallest absolute Gasteiger partial charge is 0.407 e. The Morgan fingerprint density at radius 1 is 1.12 bits per heavy atom. The molecule has 1 aliphatic rings. The van der Waals surface area contributed by atoms with Crippen molar-refractivity contribution in [1.29, 1.82) is 0 Å². The minimum Gasteiger partial charge on any atom is -0.490 e. The van der Waals surface area contributed by atoms with E-state index >= 15 is 0 Å². The molecular weight excluding hydrogens is 328 g/mol. The molecule has 1 aromatic carbocycles. The SMILES string of the molecule is CC(C)(C)c1c(F)cc(OC2CC(N(C(=O)O)C(C)(C)C)C2)cc1F. The van der Waals surface area contributed by atoms with Gasteiger partial charge in [-0.2, -0.15) is 0 Å². The quantitative estimate of drug-likeness (QED) is 0.834. The lowest BCUT2D eigenvalue weighted by Gasteiger charge is -2.47. The summed E-state index contributed by atoms with van der Waals surface area (Å²) in [5.74, 6) is -1.11. The fourth-order valence-corrected chi connectivity index (χ4v) is 3.36. The maximum Gasteiger partial charge on any atom is 0.407 e. The van der Waals surface area contributed by atoms with Crippen molar-refractivity contribution >= 4 is 6.09 Å². The molecule has 0 saturated heterocycles. The molecule has 0 heterocycles. The van der Waals surface area contributed by atoms with Gasteiger partial charge in [0.25, 0.3) is 0 Å². The summed E-state index contributed by atoms with van der Waals surface area (Å²) in [5, 5.41) is 9.39. The summed E-state index contributed by atoms with van der Waals surface area (Å²) in [5.41, 5.74) is -1.10. The Morgan fingerprint density at radius 2 is 1.60 bits per heavy atom. The first-order valence-electron chi connectivity index (χ1n) is 8.49. The highest BCUT2D eigenvalue weighted by Crippen LogP contribution is 2.36. The summed E-state index contributed by atoms with van der Waals surface area (Å²) in [4.78, 5) is 12.9. The molecule has 0 bridgehead atoms. The van der Waals surface area contributed by atoms with E-state index in [2.05, 4.69) is 0 Å². The number of carbonyl (C=O) groups is 1. The first kappa shape index (κ1) is 19.5. The molecule has 4 nitrogen and oxygen atoms in total. The standard InChI is InChI=1S/C19H27F2NO3/c1-18(2,3)16-14(20)9-13(10-15(16)21)25-12-7-11(8-12)22(17(23)24)19(4,5)6/h9-12H,7-8H2,1-6H3,(H,23,24). The van der Waals surface area contributed by atoms with E-state index in [1.54, 1.807) is 20.8 Å². The Balaban J connectivity index is 2.06. The molecular formula is C19H27F2NO3. The van der Waals surface area contributed by atoms with Crippen molar-refractivity contribution in [2.45, 2.75) is 77.5 Å². The molecule has 1 N–H and O–H groups in total. The van der Waals surface area contributed by atoms with Crippen molar-refractivity contribution in [3.05, 3.63) is 29.3 Å². The van der Waals surface area contributed by atoms with Gasteiger partial charge in [0.2, 0.25) is 0 Å². The number of benzene rings is 1.